The predicted molar refractivity (Wildman–Crippen MR) is 57.2 cm³/mol. The third-order valence-electron chi connectivity index (χ3n) is 1.85. The number of hydrogen-bond donors (Lipinski definition) is 0. The molecular formula is C11H7BrO2. The van der Waals surface area contributed by atoms with Gasteiger partial charge < -0.3 is 4.42 Å². The number of rotatable bonds is 2. The van der Waals surface area contributed by atoms with Crippen LogP contribution in [-0.2, 0) is 0 Å². The van der Waals surface area contributed by atoms with E-state index in [9.17, 15) is 4.79 Å². The van der Waals surface area contributed by atoms with Crippen LogP contribution in [0.1, 0.15) is 10.6 Å². The van der Waals surface area contributed by atoms with Crippen molar-refractivity contribution >= 4 is 22.2 Å². The number of benzene rings is 1. The van der Waals surface area contributed by atoms with Crippen molar-refractivity contribution < 1.29 is 9.21 Å². The topological polar surface area (TPSA) is 30.2 Å². The largest absolute Gasteiger partial charge is 0.453 e. The molecule has 0 amide bonds. The molecule has 0 saturated heterocycles. The van der Waals surface area contributed by atoms with E-state index in [1.807, 2.05) is 24.3 Å². The van der Waals surface area contributed by atoms with E-state index in [0.29, 0.717) is 17.8 Å². The minimum Gasteiger partial charge on any atom is -0.453 e. The summed E-state index contributed by atoms with van der Waals surface area (Å²) < 4.78 is 6.27. The van der Waals surface area contributed by atoms with E-state index in [1.54, 1.807) is 12.1 Å². The predicted octanol–water partition coefficient (Wildman–Crippen LogP) is 3.52. The third-order valence-corrected chi connectivity index (χ3v) is 2.35. The number of carbonyl (C=O) groups excluding carboxylic acids is 1. The van der Waals surface area contributed by atoms with Crippen LogP contribution in [0.5, 0.6) is 0 Å². The molecule has 0 N–H and O–H groups in total. The van der Waals surface area contributed by atoms with Gasteiger partial charge in [-0.1, -0.05) is 28.1 Å². The highest BCUT2D eigenvalue weighted by atomic mass is 79.9. The number of aldehydes is 1. The van der Waals surface area contributed by atoms with Crippen LogP contribution >= 0.6 is 15.9 Å². The minimum atomic E-state index is 0.347. The lowest BCUT2D eigenvalue weighted by atomic mass is 10.2. The molecular weight excluding hydrogens is 244 g/mol. The molecule has 2 rings (SSSR count). The Morgan fingerprint density at radius 1 is 1.21 bits per heavy atom. The molecule has 0 radical (unpaired) electrons. The van der Waals surface area contributed by atoms with Crippen LogP contribution in [0.3, 0.4) is 0 Å². The van der Waals surface area contributed by atoms with Crippen molar-refractivity contribution in [3.8, 4) is 11.3 Å². The zero-order chi connectivity index (χ0) is 9.97. The molecule has 2 nitrogen and oxygen atoms in total. The van der Waals surface area contributed by atoms with Crippen molar-refractivity contribution in [1.82, 2.24) is 0 Å². The average molecular weight is 251 g/mol. The third kappa shape index (κ3) is 1.77. The van der Waals surface area contributed by atoms with E-state index in [2.05, 4.69) is 15.9 Å². The minimum absolute atomic E-state index is 0.347. The Bertz CT molecular complexity index is 460. The average Bonchev–Trinajstić information content (AvgIpc) is 2.66. The molecule has 1 aromatic carbocycles. The van der Waals surface area contributed by atoms with Crippen molar-refractivity contribution in [1.29, 1.82) is 0 Å². The van der Waals surface area contributed by atoms with Crippen molar-refractivity contribution in [2.24, 2.45) is 0 Å². The summed E-state index contributed by atoms with van der Waals surface area (Å²) in [6.45, 7) is 0. The molecule has 0 atom stereocenters. The van der Waals surface area contributed by atoms with Crippen molar-refractivity contribution in [3.63, 3.8) is 0 Å². The lowest BCUT2D eigenvalue weighted by Gasteiger charge is -1.96. The molecule has 14 heavy (non-hydrogen) atoms. The fourth-order valence-corrected chi connectivity index (χ4v) is 1.61. The van der Waals surface area contributed by atoms with E-state index in [0.717, 1.165) is 10.0 Å². The van der Waals surface area contributed by atoms with E-state index >= 15 is 0 Å². The van der Waals surface area contributed by atoms with Crippen molar-refractivity contribution in [2.45, 2.75) is 0 Å². The maximum Gasteiger partial charge on any atom is 0.185 e. The Morgan fingerprint density at radius 2 is 2.07 bits per heavy atom. The Hall–Kier alpha value is -1.35. The number of hydrogen-bond acceptors (Lipinski definition) is 2. The summed E-state index contributed by atoms with van der Waals surface area (Å²) in [5.41, 5.74) is 0.951. The Kier molecular flexibility index (Phi) is 2.50. The standard InChI is InChI=1S/C11H7BrO2/c12-9-3-1-2-8(6-9)11-5-4-10(7-13)14-11/h1-7H. The first-order chi connectivity index (χ1) is 6.79. The molecule has 0 aliphatic heterocycles. The van der Waals surface area contributed by atoms with Gasteiger partial charge in [0.2, 0.25) is 0 Å². The first kappa shape index (κ1) is 9.21. The molecule has 0 spiro atoms. The molecule has 0 bridgehead atoms. The second-order valence-electron chi connectivity index (χ2n) is 2.83. The van der Waals surface area contributed by atoms with Gasteiger partial charge in [-0.05, 0) is 24.3 Å². The molecule has 2 aromatic rings. The second-order valence-corrected chi connectivity index (χ2v) is 3.75. The van der Waals surface area contributed by atoms with Crippen LogP contribution < -0.4 is 0 Å². The highest BCUT2D eigenvalue weighted by Gasteiger charge is 2.03. The lowest BCUT2D eigenvalue weighted by molar-refractivity contribution is 0.110. The molecule has 0 unspecified atom stereocenters. The molecule has 0 aliphatic carbocycles. The second kappa shape index (κ2) is 3.80. The molecule has 0 fully saturated rings. The SMILES string of the molecule is O=Cc1ccc(-c2cccc(Br)c2)o1. The van der Waals surface area contributed by atoms with Crippen molar-refractivity contribution in [3.05, 3.63) is 46.6 Å². The summed E-state index contributed by atoms with van der Waals surface area (Å²) in [5, 5.41) is 0. The fraction of sp³-hybridized carbons (Fsp3) is 0. The van der Waals surface area contributed by atoms with Crippen LogP contribution in [0, 0.1) is 0 Å². The number of furan rings is 1. The zero-order valence-corrected chi connectivity index (χ0v) is 8.82. The highest BCUT2D eigenvalue weighted by molar-refractivity contribution is 9.10. The Labute approximate surface area is 89.7 Å². The van der Waals surface area contributed by atoms with Gasteiger partial charge in [0.1, 0.15) is 5.76 Å². The summed E-state index contributed by atoms with van der Waals surface area (Å²) in [6, 6.07) is 11.2. The molecule has 1 aromatic heterocycles. The maximum atomic E-state index is 10.4. The summed E-state index contributed by atoms with van der Waals surface area (Å²) in [5.74, 6) is 1.05. The van der Waals surface area contributed by atoms with Crippen LogP contribution in [0.4, 0.5) is 0 Å². The molecule has 1 heterocycles. The van der Waals surface area contributed by atoms with Gasteiger partial charge in [-0.3, -0.25) is 4.79 Å². The van der Waals surface area contributed by atoms with Crippen LogP contribution in [0.15, 0.2) is 45.3 Å². The monoisotopic (exact) mass is 250 g/mol. The van der Waals surface area contributed by atoms with Crippen LogP contribution in [0.2, 0.25) is 0 Å². The van der Waals surface area contributed by atoms with E-state index in [4.69, 9.17) is 4.42 Å². The normalized spacial score (nSPS) is 10.1. The molecule has 0 aliphatic rings. The van der Waals surface area contributed by atoms with E-state index < -0.39 is 0 Å². The first-order valence-electron chi connectivity index (χ1n) is 4.10. The van der Waals surface area contributed by atoms with Crippen LogP contribution in [-0.4, -0.2) is 6.29 Å². The molecule has 3 heteroatoms. The zero-order valence-electron chi connectivity index (χ0n) is 7.24. The van der Waals surface area contributed by atoms with Gasteiger partial charge in [-0.2, -0.15) is 0 Å². The summed E-state index contributed by atoms with van der Waals surface area (Å²) in [6.07, 6.45) is 0.696. The number of halogens is 1. The van der Waals surface area contributed by atoms with E-state index in [-0.39, 0.29) is 0 Å². The summed E-state index contributed by atoms with van der Waals surface area (Å²) in [4.78, 5) is 10.4. The van der Waals surface area contributed by atoms with Gasteiger partial charge in [0.05, 0.1) is 0 Å². The van der Waals surface area contributed by atoms with Gasteiger partial charge in [-0.25, -0.2) is 0 Å². The fourth-order valence-electron chi connectivity index (χ4n) is 1.21. The van der Waals surface area contributed by atoms with Gasteiger partial charge in [0, 0.05) is 10.0 Å². The summed E-state index contributed by atoms with van der Waals surface area (Å²) in [7, 11) is 0. The van der Waals surface area contributed by atoms with E-state index in [1.165, 1.54) is 0 Å². The lowest BCUT2D eigenvalue weighted by Crippen LogP contribution is -1.73. The van der Waals surface area contributed by atoms with Crippen LogP contribution in [0.25, 0.3) is 11.3 Å². The smallest absolute Gasteiger partial charge is 0.185 e. The highest BCUT2D eigenvalue weighted by Crippen LogP contribution is 2.24. The van der Waals surface area contributed by atoms with Gasteiger partial charge >= 0.3 is 0 Å². The van der Waals surface area contributed by atoms with Gasteiger partial charge in [0.25, 0.3) is 0 Å². The van der Waals surface area contributed by atoms with Crippen molar-refractivity contribution in [2.75, 3.05) is 0 Å². The van der Waals surface area contributed by atoms with Gasteiger partial charge in [-0.15, -0.1) is 0 Å². The summed E-state index contributed by atoms with van der Waals surface area (Å²) >= 11 is 3.37. The number of carbonyl (C=O) groups is 1. The first-order valence-corrected chi connectivity index (χ1v) is 4.90. The Balaban J connectivity index is 2.43. The molecule has 0 saturated carbocycles. The molecule has 70 valence electrons. The maximum absolute atomic E-state index is 10.4. The van der Waals surface area contributed by atoms with Gasteiger partial charge in [0.15, 0.2) is 12.0 Å². The quantitative estimate of drug-likeness (QED) is 0.764. The Morgan fingerprint density at radius 3 is 2.71 bits per heavy atom.